The number of aromatic nitrogens is 2. The second-order valence-electron chi connectivity index (χ2n) is 4.84. The summed E-state index contributed by atoms with van der Waals surface area (Å²) in [7, 11) is 1.98. The van der Waals surface area contributed by atoms with E-state index in [1.165, 1.54) is 11.5 Å². The highest BCUT2D eigenvalue weighted by Gasteiger charge is 2.33. The maximum Gasteiger partial charge on any atom is 0.0834 e. The summed E-state index contributed by atoms with van der Waals surface area (Å²) in [6.45, 7) is 5.54. The van der Waals surface area contributed by atoms with Crippen molar-refractivity contribution < 1.29 is 0 Å². The highest BCUT2D eigenvalue weighted by atomic mass is 35.5. The number of halogens is 1. The quantitative estimate of drug-likeness (QED) is 0.901. The number of hydrogen-bond donors (Lipinski definition) is 1. The normalized spacial score (nSPS) is 25.5. The first-order valence-electron chi connectivity index (χ1n) is 6.79. The summed E-state index contributed by atoms with van der Waals surface area (Å²) in [5.74, 6) is 2.47. The Morgan fingerprint density at radius 3 is 2.84 bits per heavy atom. The van der Waals surface area contributed by atoms with Crippen LogP contribution in [-0.4, -0.2) is 38.3 Å². The zero-order chi connectivity index (χ0) is 13.8. The Kier molecular flexibility index (Phi) is 5.93. The van der Waals surface area contributed by atoms with Crippen molar-refractivity contribution in [1.82, 2.24) is 15.1 Å². The van der Waals surface area contributed by atoms with Gasteiger partial charge in [-0.3, -0.25) is 4.68 Å². The Labute approximate surface area is 129 Å². The van der Waals surface area contributed by atoms with Crippen molar-refractivity contribution >= 4 is 35.1 Å². The van der Waals surface area contributed by atoms with Crippen molar-refractivity contribution in [1.29, 1.82) is 0 Å². The number of nitrogens with one attached hydrogen (secondary N) is 1. The molecule has 3 atom stereocenters. The van der Waals surface area contributed by atoms with Crippen LogP contribution in [0.1, 0.15) is 32.0 Å². The van der Waals surface area contributed by atoms with E-state index in [0.717, 1.165) is 23.7 Å². The molecule has 0 saturated carbocycles. The Bertz CT molecular complexity index is 391. The minimum Gasteiger partial charge on any atom is -0.308 e. The first kappa shape index (κ1) is 15.5. The summed E-state index contributed by atoms with van der Waals surface area (Å²) in [5.41, 5.74) is 1.13. The zero-order valence-corrected chi connectivity index (χ0v) is 14.1. The van der Waals surface area contributed by atoms with E-state index >= 15 is 0 Å². The lowest BCUT2D eigenvalue weighted by molar-refractivity contribution is 0.477. The van der Waals surface area contributed by atoms with Crippen LogP contribution >= 0.6 is 35.1 Å². The van der Waals surface area contributed by atoms with E-state index in [2.05, 4.69) is 47.8 Å². The van der Waals surface area contributed by atoms with E-state index in [4.69, 9.17) is 11.6 Å². The van der Waals surface area contributed by atoms with Crippen molar-refractivity contribution in [3.63, 3.8) is 0 Å². The Morgan fingerprint density at radius 2 is 2.26 bits per heavy atom. The smallest absolute Gasteiger partial charge is 0.0834 e. The molecule has 0 aromatic carbocycles. The molecular formula is C13H22ClN3S2. The van der Waals surface area contributed by atoms with Gasteiger partial charge >= 0.3 is 0 Å². The maximum absolute atomic E-state index is 6.35. The number of rotatable bonds is 5. The van der Waals surface area contributed by atoms with Crippen molar-refractivity contribution in [2.45, 2.75) is 36.8 Å². The lowest BCUT2D eigenvalue weighted by Crippen LogP contribution is -2.39. The van der Waals surface area contributed by atoms with Crippen LogP contribution in [0.5, 0.6) is 0 Å². The molecule has 1 N–H and O–H groups in total. The number of nitrogens with zero attached hydrogens (tertiary/aromatic N) is 2. The molecule has 1 aliphatic rings. The highest BCUT2D eigenvalue weighted by molar-refractivity contribution is 8.07. The molecule has 0 bridgehead atoms. The zero-order valence-electron chi connectivity index (χ0n) is 11.7. The Balaban J connectivity index is 2.24. The molecular weight excluding hydrogens is 298 g/mol. The van der Waals surface area contributed by atoms with Gasteiger partial charge in [-0.15, -0.1) is 0 Å². The van der Waals surface area contributed by atoms with Crippen LogP contribution in [0.2, 0.25) is 5.02 Å². The summed E-state index contributed by atoms with van der Waals surface area (Å²) in [6.07, 6.45) is 2.88. The predicted molar refractivity (Wildman–Crippen MR) is 87.4 cm³/mol. The minimum absolute atomic E-state index is 0.285. The van der Waals surface area contributed by atoms with Gasteiger partial charge in [-0.25, -0.2) is 0 Å². The van der Waals surface area contributed by atoms with Gasteiger partial charge in [-0.1, -0.05) is 25.4 Å². The molecule has 6 heteroatoms. The van der Waals surface area contributed by atoms with Gasteiger partial charge in [0.25, 0.3) is 0 Å². The fourth-order valence-electron chi connectivity index (χ4n) is 2.45. The third kappa shape index (κ3) is 3.63. The molecule has 3 nitrogen and oxygen atoms in total. The topological polar surface area (TPSA) is 29.9 Å². The van der Waals surface area contributed by atoms with Gasteiger partial charge in [0.15, 0.2) is 0 Å². The highest BCUT2D eigenvalue weighted by Crippen LogP contribution is 2.40. The molecule has 1 saturated heterocycles. The van der Waals surface area contributed by atoms with Gasteiger partial charge in [0.1, 0.15) is 0 Å². The third-order valence-corrected chi connectivity index (χ3v) is 6.90. The van der Waals surface area contributed by atoms with Gasteiger partial charge < -0.3 is 5.32 Å². The van der Waals surface area contributed by atoms with Gasteiger partial charge in [-0.2, -0.15) is 28.6 Å². The molecule has 2 heterocycles. The molecule has 2 rings (SSSR count). The maximum atomic E-state index is 6.35. The van der Waals surface area contributed by atoms with Gasteiger partial charge in [0.2, 0.25) is 0 Å². The molecule has 3 unspecified atom stereocenters. The van der Waals surface area contributed by atoms with Crippen molar-refractivity contribution in [3.05, 3.63) is 16.9 Å². The van der Waals surface area contributed by atoms with Crippen LogP contribution in [-0.2, 0) is 7.05 Å². The van der Waals surface area contributed by atoms with E-state index < -0.39 is 0 Å². The predicted octanol–water partition coefficient (Wildman–Crippen LogP) is 3.35. The summed E-state index contributed by atoms with van der Waals surface area (Å²) < 4.78 is 1.92. The van der Waals surface area contributed by atoms with Crippen LogP contribution in [0, 0.1) is 0 Å². The number of thioether (sulfide) groups is 2. The van der Waals surface area contributed by atoms with E-state index in [1.807, 2.05) is 11.7 Å². The van der Waals surface area contributed by atoms with Crippen LogP contribution in [0.4, 0.5) is 0 Å². The molecule has 0 radical (unpaired) electrons. The average molecular weight is 320 g/mol. The van der Waals surface area contributed by atoms with Crippen LogP contribution in [0.25, 0.3) is 0 Å². The molecule has 1 aliphatic heterocycles. The Hall–Kier alpha value is 0.160. The standard InChI is InChI=1S/C13H22ClN3S2/c1-4-5-15-11(12-10(14)8-16-17(12)3)13-9(2)18-6-7-19-13/h8-9,11,13,15H,4-7H2,1-3H3. The molecule has 0 aliphatic carbocycles. The van der Waals surface area contributed by atoms with E-state index in [0.29, 0.717) is 10.5 Å². The number of hydrogen-bond acceptors (Lipinski definition) is 4. The molecule has 0 amide bonds. The van der Waals surface area contributed by atoms with Crippen LogP contribution in [0.3, 0.4) is 0 Å². The van der Waals surface area contributed by atoms with E-state index in [9.17, 15) is 0 Å². The molecule has 19 heavy (non-hydrogen) atoms. The molecule has 1 aromatic heterocycles. The van der Waals surface area contributed by atoms with Crippen LogP contribution in [0.15, 0.2) is 6.20 Å². The summed E-state index contributed by atoms with van der Waals surface area (Å²) in [4.78, 5) is 0. The molecule has 0 spiro atoms. The van der Waals surface area contributed by atoms with Gasteiger partial charge in [0, 0.05) is 29.1 Å². The fraction of sp³-hybridized carbons (Fsp3) is 0.769. The van der Waals surface area contributed by atoms with Crippen molar-refractivity contribution in [2.24, 2.45) is 7.05 Å². The second kappa shape index (κ2) is 7.25. The second-order valence-corrected chi connectivity index (χ2v) is 8.02. The number of aryl methyl sites for hydroxylation is 1. The average Bonchev–Trinajstić information content (AvgIpc) is 2.73. The largest absolute Gasteiger partial charge is 0.308 e. The van der Waals surface area contributed by atoms with Gasteiger partial charge in [-0.05, 0) is 13.0 Å². The Morgan fingerprint density at radius 1 is 1.53 bits per heavy atom. The summed E-state index contributed by atoms with van der Waals surface area (Å²) >= 11 is 10.5. The first-order chi connectivity index (χ1) is 9.15. The fourth-order valence-corrected chi connectivity index (χ4v) is 5.66. The SMILES string of the molecule is CCCNC(c1c(Cl)cnn1C)C1SCCSC1C. The van der Waals surface area contributed by atoms with Crippen molar-refractivity contribution in [3.8, 4) is 0 Å². The van der Waals surface area contributed by atoms with E-state index in [-0.39, 0.29) is 6.04 Å². The van der Waals surface area contributed by atoms with E-state index in [1.54, 1.807) is 6.20 Å². The first-order valence-corrected chi connectivity index (χ1v) is 9.26. The summed E-state index contributed by atoms with van der Waals surface area (Å²) in [5, 5.41) is 9.94. The lowest BCUT2D eigenvalue weighted by Gasteiger charge is -2.35. The minimum atomic E-state index is 0.285. The van der Waals surface area contributed by atoms with Crippen molar-refractivity contribution in [2.75, 3.05) is 18.1 Å². The summed E-state index contributed by atoms with van der Waals surface area (Å²) in [6, 6.07) is 0.285. The van der Waals surface area contributed by atoms with Crippen LogP contribution < -0.4 is 5.32 Å². The molecule has 108 valence electrons. The third-order valence-electron chi connectivity index (χ3n) is 3.41. The molecule has 1 aromatic rings. The van der Waals surface area contributed by atoms with Gasteiger partial charge in [0.05, 0.1) is 23.0 Å². The monoisotopic (exact) mass is 319 g/mol. The molecule has 1 fully saturated rings. The lowest BCUT2D eigenvalue weighted by atomic mass is 10.1.